The number of rotatable bonds is 5. The Balaban J connectivity index is 1.82. The molecule has 6 heteroatoms. The first kappa shape index (κ1) is 18.9. The van der Waals surface area contributed by atoms with Gasteiger partial charge >= 0.3 is 0 Å². The molecule has 0 radical (unpaired) electrons. The summed E-state index contributed by atoms with van der Waals surface area (Å²) in [6, 6.07) is 21.3. The summed E-state index contributed by atoms with van der Waals surface area (Å²) >= 11 is 2.11. The van der Waals surface area contributed by atoms with Crippen molar-refractivity contribution in [3.05, 3.63) is 87.5 Å². The first-order chi connectivity index (χ1) is 13.1. The molecule has 2 amide bonds. The quantitative estimate of drug-likeness (QED) is 0.525. The Labute approximate surface area is 170 Å². The van der Waals surface area contributed by atoms with Crippen molar-refractivity contribution >= 4 is 45.8 Å². The Morgan fingerprint density at radius 3 is 2.22 bits per heavy atom. The van der Waals surface area contributed by atoms with E-state index >= 15 is 0 Å². The lowest BCUT2D eigenvalue weighted by atomic mass is 10.1. The fraction of sp³-hybridized carbons (Fsp3) is 0.0476. The molecule has 27 heavy (non-hydrogen) atoms. The van der Waals surface area contributed by atoms with E-state index in [1.54, 1.807) is 67.8 Å². The summed E-state index contributed by atoms with van der Waals surface area (Å²) in [5.41, 5.74) is 1.99. The van der Waals surface area contributed by atoms with E-state index in [0.717, 1.165) is 3.57 Å². The van der Waals surface area contributed by atoms with Crippen LogP contribution in [0.1, 0.15) is 20.7 Å². The van der Waals surface area contributed by atoms with Crippen LogP contribution in [0.5, 0.6) is 5.75 Å². The lowest BCUT2D eigenvalue weighted by molar-refractivity contribution is 0.102. The molecule has 0 fully saturated rings. The van der Waals surface area contributed by atoms with Crippen LogP contribution >= 0.6 is 22.6 Å². The lowest BCUT2D eigenvalue weighted by Crippen LogP contribution is -2.18. The summed E-state index contributed by atoms with van der Waals surface area (Å²) in [6.45, 7) is 0. The Kier molecular flexibility index (Phi) is 6.08. The zero-order valence-corrected chi connectivity index (χ0v) is 16.7. The van der Waals surface area contributed by atoms with Crippen LogP contribution < -0.4 is 15.4 Å². The maximum absolute atomic E-state index is 12.7. The number of anilines is 2. The van der Waals surface area contributed by atoms with Gasteiger partial charge in [-0.05, 0) is 59.0 Å². The first-order valence-corrected chi connectivity index (χ1v) is 9.26. The normalized spacial score (nSPS) is 10.1. The highest BCUT2D eigenvalue weighted by molar-refractivity contribution is 14.1. The number of ether oxygens (including phenoxy) is 1. The first-order valence-electron chi connectivity index (χ1n) is 8.19. The van der Waals surface area contributed by atoms with E-state index in [1.807, 2.05) is 12.1 Å². The van der Waals surface area contributed by atoms with Crippen LogP contribution in [0.25, 0.3) is 0 Å². The Morgan fingerprint density at radius 1 is 0.815 bits per heavy atom. The molecule has 3 aromatic rings. The number of hydrogen-bond donors (Lipinski definition) is 2. The van der Waals surface area contributed by atoms with Crippen molar-refractivity contribution in [3.63, 3.8) is 0 Å². The molecule has 0 heterocycles. The maximum Gasteiger partial charge on any atom is 0.257 e. The second-order valence-electron chi connectivity index (χ2n) is 5.67. The van der Waals surface area contributed by atoms with Crippen LogP contribution in [-0.2, 0) is 0 Å². The molecule has 5 nitrogen and oxygen atoms in total. The van der Waals surface area contributed by atoms with E-state index in [1.165, 1.54) is 0 Å². The van der Waals surface area contributed by atoms with Crippen LogP contribution in [0.15, 0.2) is 72.8 Å². The van der Waals surface area contributed by atoms with E-state index in [-0.39, 0.29) is 11.8 Å². The molecule has 0 unspecified atom stereocenters. The third-order valence-corrected chi connectivity index (χ3v) is 4.81. The standard InChI is InChI=1S/C21H17IN2O3/c1-27-15-8-6-7-14(13-15)23-21(26)17-10-3-5-12-19(17)24-20(25)16-9-2-4-11-18(16)22/h2-13H,1H3,(H,23,26)(H,24,25). The average Bonchev–Trinajstić information content (AvgIpc) is 2.68. The number of amides is 2. The van der Waals surface area contributed by atoms with Gasteiger partial charge in [-0.1, -0.05) is 30.3 Å². The molecule has 0 bridgehead atoms. The molecular formula is C21H17IN2O3. The average molecular weight is 472 g/mol. The minimum Gasteiger partial charge on any atom is -0.497 e. The fourth-order valence-corrected chi connectivity index (χ4v) is 3.16. The van der Waals surface area contributed by atoms with Gasteiger partial charge in [0.2, 0.25) is 0 Å². The van der Waals surface area contributed by atoms with Crippen molar-refractivity contribution < 1.29 is 14.3 Å². The van der Waals surface area contributed by atoms with Crippen LogP contribution in [0.3, 0.4) is 0 Å². The predicted molar refractivity (Wildman–Crippen MR) is 115 cm³/mol. The largest absolute Gasteiger partial charge is 0.497 e. The highest BCUT2D eigenvalue weighted by Crippen LogP contribution is 2.21. The second kappa shape index (κ2) is 8.68. The van der Waals surface area contributed by atoms with Gasteiger partial charge in [-0.15, -0.1) is 0 Å². The molecule has 0 saturated carbocycles. The SMILES string of the molecule is COc1cccc(NC(=O)c2ccccc2NC(=O)c2ccccc2I)c1. The van der Waals surface area contributed by atoms with Gasteiger partial charge in [0, 0.05) is 15.3 Å². The molecular weight excluding hydrogens is 455 g/mol. The van der Waals surface area contributed by atoms with E-state index < -0.39 is 0 Å². The van der Waals surface area contributed by atoms with Crippen molar-refractivity contribution in [1.29, 1.82) is 0 Å². The molecule has 3 rings (SSSR count). The van der Waals surface area contributed by atoms with E-state index in [0.29, 0.717) is 28.3 Å². The van der Waals surface area contributed by atoms with Gasteiger partial charge in [0.15, 0.2) is 0 Å². The number of nitrogens with one attached hydrogen (secondary N) is 2. The number of methoxy groups -OCH3 is 1. The maximum atomic E-state index is 12.7. The van der Waals surface area contributed by atoms with Gasteiger partial charge in [-0.3, -0.25) is 9.59 Å². The Morgan fingerprint density at radius 2 is 1.48 bits per heavy atom. The summed E-state index contributed by atoms with van der Waals surface area (Å²) in [6.07, 6.45) is 0. The van der Waals surface area contributed by atoms with Crippen LogP contribution in [0, 0.1) is 3.57 Å². The highest BCUT2D eigenvalue weighted by Gasteiger charge is 2.15. The fourth-order valence-electron chi connectivity index (χ4n) is 2.52. The number of carbonyl (C=O) groups excluding carboxylic acids is 2. The molecule has 3 aromatic carbocycles. The number of carbonyl (C=O) groups is 2. The zero-order chi connectivity index (χ0) is 19.2. The van der Waals surface area contributed by atoms with Gasteiger partial charge < -0.3 is 15.4 Å². The lowest BCUT2D eigenvalue weighted by Gasteiger charge is -2.12. The molecule has 0 aliphatic rings. The number of halogens is 1. The number of para-hydroxylation sites is 1. The Hall–Kier alpha value is -2.87. The van der Waals surface area contributed by atoms with Crippen molar-refractivity contribution in [3.8, 4) is 5.75 Å². The summed E-state index contributed by atoms with van der Waals surface area (Å²) in [4.78, 5) is 25.3. The number of benzene rings is 3. The van der Waals surface area contributed by atoms with Crippen LogP contribution in [0.4, 0.5) is 11.4 Å². The minimum absolute atomic E-state index is 0.262. The molecule has 136 valence electrons. The summed E-state index contributed by atoms with van der Waals surface area (Å²) < 4.78 is 6.01. The Bertz CT molecular complexity index is 988. The second-order valence-corrected chi connectivity index (χ2v) is 6.83. The van der Waals surface area contributed by atoms with Gasteiger partial charge in [0.05, 0.1) is 23.9 Å². The molecule has 0 aliphatic heterocycles. The topological polar surface area (TPSA) is 67.4 Å². The van der Waals surface area contributed by atoms with Crippen molar-refractivity contribution in [2.24, 2.45) is 0 Å². The van der Waals surface area contributed by atoms with Gasteiger partial charge in [-0.2, -0.15) is 0 Å². The van der Waals surface area contributed by atoms with E-state index in [9.17, 15) is 9.59 Å². The monoisotopic (exact) mass is 472 g/mol. The van der Waals surface area contributed by atoms with Gasteiger partial charge in [-0.25, -0.2) is 0 Å². The highest BCUT2D eigenvalue weighted by atomic mass is 127. The van der Waals surface area contributed by atoms with Crippen molar-refractivity contribution in [2.75, 3.05) is 17.7 Å². The molecule has 0 spiro atoms. The van der Waals surface area contributed by atoms with Crippen molar-refractivity contribution in [1.82, 2.24) is 0 Å². The van der Waals surface area contributed by atoms with Crippen LogP contribution in [-0.4, -0.2) is 18.9 Å². The van der Waals surface area contributed by atoms with Crippen LogP contribution in [0.2, 0.25) is 0 Å². The summed E-state index contributed by atoms with van der Waals surface area (Å²) in [5, 5.41) is 5.65. The molecule has 0 aromatic heterocycles. The predicted octanol–water partition coefficient (Wildman–Crippen LogP) is 4.80. The molecule has 0 aliphatic carbocycles. The summed E-state index contributed by atoms with van der Waals surface area (Å²) in [7, 11) is 1.57. The van der Waals surface area contributed by atoms with Crippen molar-refractivity contribution in [2.45, 2.75) is 0 Å². The molecule has 2 N–H and O–H groups in total. The van der Waals surface area contributed by atoms with E-state index in [4.69, 9.17) is 4.74 Å². The van der Waals surface area contributed by atoms with E-state index in [2.05, 4.69) is 33.2 Å². The minimum atomic E-state index is -0.318. The molecule has 0 saturated heterocycles. The smallest absolute Gasteiger partial charge is 0.257 e. The third kappa shape index (κ3) is 4.65. The zero-order valence-electron chi connectivity index (χ0n) is 14.5. The van der Waals surface area contributed by atoms with Gasteiger partial charge in [0.1, 0.15) is 5.75 Å². The number of hydrogen-bond acceptors (Lipinski definition) is 3. The molecule has 0 atom stereocenters. The van der Waals surface area contributed by atoms with Gasteiger partial charge in [0.25, 0.3) is 11.8 Å². The third-order valence-electron chi connectivity index (χ3n) is 3.87. The summed E-state index contributed by atoms with van der Waals surface area (Å²) in [5.74, 6) is 0.0663.